The van der Waals surface area contributed by atoms with Crippen molar-refractivity contribution in [2.45, 2.75) is 64.1 Å². The maximum atomic E-state index is 6.77. The molecule has 3 heterocycles. The Labute approximate surface area is 238 Å². The molecule has 0 aromatic heterocycles. The van der Waals surface area contributed by atoms with Crippen molar-refractivity contribution in [2.24, 2.45) is 0 Å². The van der Waals surface area contributed by atoms with E-state index in [4.69, 9.17) is 23.7 Å². The van der Waals surface area contributed by atoms with Crippen LogP contribution in [0, 0.1) is 3.57 Å². The van der Waals surface area contributed by atoms with Gasteiger partial charge in [-0.25, -0.2) is 0 Å². The molecule has 3 aliphatic heterocycles. The summed E-state index contributed by atoms with van der Waals surface area (Å²) in [6.07, 6.45) is 5.64. The molecule has 3 aromatic rings. The van der Waals surface area contributed by atoms with E-state index in [-0.39, 0.29) is 18.7 Å². The second kappa shape index (κ2) is 11.7. The van der Waals surface area contributed by atoms with Crippen LogP contribution in [0.5, 0.6) is 17.2 Å². The Bertz CT molecular complexity index is 1290. The van der Waals surface area contributed by atoms with Crippen LogP contribution in [0.15, 0.2) is 66.7 Å². The van der Waals surface area contributed by atoms with Gasteiger partial charge in [0.2, 0.25) is 0 Å². The summed E-state index contributed by atoms with van der Waals surface area (Å²) in [6, 6.07) is 23.0. The molecule has 198 valence electrons. The molecular formula is C32H33IO5. The van der Waals surface area contributed by atoms with Crippen molar-refractivity contribution in [3.63, 3.8) is 0 Å². The fourth-order valence-electron chi connectivity index (χ4n) is 5.40. The first-order valence-corrected chi connectivity index (χ1v) is 14.7. The summed E-state index contributed by atoms with van der Waals surface area (Å²) in [5, 5.41) is 0. The molecule has 38 heavy (non-hydrogen) atoms. The van der Waals surface area contributed by atoms with E-state index in [0.29, 0.717) is 0 Å². The first-order chi connectivity index (χ1) is 18.6. The van der Waals surface area contributed by atoms with Crippen LogP contribution in [0.25, 0.3) is 11.1 Å². The lowest BCUT2D eigenvalue weighted by molar-refractivity contribution is -0.106. The van der Waals surface area contributed by atoms with Crippen LogP contribution in [0.2, 0.25) is 0 Å². The van der Waals surface area contributed by atoms with Crippen molar-refractivity contribution < 1.29 is 23.7 Å². The van der Waals surface area contributed by atoms with Gasteiger partial charge in [0, 0.05) is 33.6 Å². The minimum atomic E-state index is -0.262. The number of fused-ring (bicyclic) bond motifs is 1. The van der Waals surface area contributed by atoms with Gasteiger partial charge in [-0.05, 0) is 108 Å². The fraction of sp³-hybridized carbons (Fsp3) is 0.375. The summed E-state index contributed by atoms with van der Waals surface area (Å²) in [7, 11) is 0. The molecule has 0 amide bonds. The predicted octanol–water partition coefficient (Wildman–Crippen LogP) is 8.17. The van der Waals surface area contributed by atoms with E-state index in [1.807, 2.05) is 18.2 Å². The number of hydrogen-bond donors (Lipinski definition) is 0. The second-order valence-corrected chi connectivity index (χ2v) is 11.3. The Morgan fingerprint density at radius 3 is 2.11 bits per heavy atom. The molecular weight excluding hydrogens is 591 g/mol. The summed E-state index contributed by atoms with van der Waals surface area (Å²) in [5.41, 5.74) is 5.58. The highest BCUT2D eigenvalue weighted by Gasteiger charge is 2.30. The lowest BCUT2D eigenvalue weighted by Crippen LogP contribution is -2.25. The summed E-state index contributed by atoms with van der Waals surface area (Å²) in [6.45, 7) is 3.69. The zero-order chi connectivity index (χ0) is 25.9. The maximum Gasteiger partial charge on any atom is 0.199 e. The Hall–Kier alpha value is -2.55. The number of ether oxygens (including phenoxy) is 5. The first-order valence-electron chi connectivity index (χ1n) is 13.6. The average Bonchev–Trinajstić information content (AvgIpc) is 2.94. The molecule has 0 spiro atoms. The lowest BCUT2D eigenvalue weighted by Gasteiger charge is -2.32. The molecule has 0 N–H and O–H groups in total. The van der Waals surface area contributed by atoms with Crippen LogP contribution < -0.4 is 14.2 Å². The summed E-state index contributed by atoms with van der Waals surface area (Å²) in [4.78, 5) is 0. The zero-order valence-corrected chi connectivity index (χ0v) is 23.8. The SMILES string of the molecule is CC1=C(c2cccc(OC3CCCCO3)c2)C(c2ccc(I)cc2)Oc2cc(OC3CCCCO3)ccc21. The highest BCUT2D eigenvalue weighted by atomic mass is 127. The van der Waals surface area contributed by atoms with E-state index in [9.17, 15) is 0 Å². The molecule has 6 rings (SSSR count). The van der Waals surface area contributed by atoms with Crippen LogP contribution in [0.4, 0.5) is 0 Å². The molecule has 0 radical (unpaired) electrons. The normalized spacial score (nSPS) is 23.4. The van der Waals surface area contributed by atoms with E-state index in [1.54, 1.807) is 0 Å². The van der Waals surface area contributed by atoms with Gasteiger partial charge in [-0.2, -0.15) is 0 Å². The number of halogens is 1. The van der Waals surface area contributed by atoms with Crippen LogP contribution in [0.1, 0.15) is 68.2 Å². The molecule has 3 atom stereocenters. The molecule has 3 aromatic carbocycles. The molecule has 6 heteroatoms. The molecule has 0 bridgehead atoms. The number of allylic oxidation sites excluding steroid dienone is 1. The van der Waals surface area contributed by atoms with Gasteiger partial charge in [-0.3, -0.25) is 0 Å². The first kappa shape index (κ1) is 25.7. The predicted molar refractivity (Wildman–Crippen MR) is 156 cm³/mol. The van der Waals surface area contributed by atoms with Gasteiger partial charge in [0.25, 0.3) is 0 Å². The van der Waals surface area contributed by atoms with Crippen molar-refractivity contribution in [2.75, 3.05) is 13.2 Å². The van der Waals surface area contributed by atoms with Gasteiger partial charge < -0.3 is 23.7 Å². The molecule has 2 saturated heterocycles. The van der Waals surface area contributed by atoms with Gasteiger partial charge in [0.05, 0.1) is 13.2 Å². The van der Waals surface area contributed by atoms with Gasteiger partial charge in [-0.1, -0.05) is 24.3 Å². The van der Waals surface area contributed by atoms with Crippen LogP contribution in [-0.4, -0.2) is 25.8 Å². The highest BCUT2D eigenvalue weighted by Crippen LogP contribution is 2.48. The minimum absolute atomic E-state index is 0.184. The van der Waals surface area contributed by atoms with Crippen molar-refractivity contribution in [1.82, 2.24) is 0 Å². The maximum absolute atomic E-state index is 6.77. The molecule has 3 unspecified atom stereocenters. The van der Waals surface area contributed by atoms with Crippen LogP contribution in [0.3, 0.4) is 0 Å². The van der Waals surface area contributed by atoms with Crippen molar-refractivity contribution in [3.8, 4) is 17.2 Å². The van der Waals surface area contributed by atoms with E-state index < -0.39 is 0 Å². The number of benzene rings is 3. The zero-order valence-electron chi connectivity index (χ0n) is 21.7. The minimum Gasteiger partial charge on any atom is -0.480 e. The Morgan fingerprint density at radius 2 is 1.45 bits per heavy atom. The largest absolute Gasteiger partial charge is 0.480 e. The summed E-state index contributed by atoms with van der Waals surface area (Å²) in [5.74, 6) is 2.42. The Balaban J connectivity index is 1.36. The fourth-order valence-corrected chi connectivity index (χ4v) is 5.76. The molecule has 0 aliphatic carbocycles. The van der Waals surface area contributed by atoms with E-state index in [2.05, 4.69) is 78.0 Å². The van der Waals surface area contributed by atoms with Crippen molar-refractivity contribution in [1.29, 1.82) is 0 Å². The summed E-state index contributed by atoms with van der Waals surface area (Å²) >= 11 is 2.34. The van der Waals surface area contributed by atoms with Gasteiger partial charge in [0.1, 0.15) is 23.4 Å². The second-order valence-electron chi connectivity index (χ2n) is 10.1. The van der Waals surface area contributed by atoms with Gasteiger partial charge >= 0.3 is 0 Å². The van der Waals surface area contributed by atoms with Crippen molar-refractivity contribution in [3.05, 3.63) is 87.0 Å². The average molecular weight is 625 g/mol. The molecule has 5 nitrogen and oxygen atoms in total. The van der Waals surface area contributed by atoms with E-state index >= 15 is 0 Å². The van der Waals surface area contributed by atoms with E-state index in [1.165, 1.54) is 9.14 Å². The third kappa shape index (κ3) is 5.72. The Kier molecular flexibility index (Phi) is 7.90. The van der Waals surface area contributed by atoms with Gasteiger partial charge in [-0.15, -0.1) is 0 Å². The lowest BCUT2D eigenvalue weighted by atomic mass is 9.86. The van der Waals surface area contributed by atoms with Crippen molar-refractivity contribution >= 4 is 33.7 Å². The molecule has 3 aliphatic rings. The summed E-state index contributed by atoms with van der Waals surface area (Å²) < 4.78 is 32.0. The van der Waals surface area contributed by atoms with Crippen LogP contribution >= 0.6 is 22.6 Å². The number of hydrogen-bond acceptors (Lipinski definition) is 5. The molecule has 0 saturated carbocycles. The smallest absolute Gasteiger partial charge is 0.199 e. The third-order valence-electron chi connectivity index (χ3n) is 7.40. The standard InChI is InChI=1S/C32H33IO5/c1-21-27-16-15-26(37-30-10-3-5-18-35-30)20-28(27)38-32(22-11-13-24(33)14-12-22)31(21)23-7-6-8-25(19-23)36-29-9-2-4-17-34-29/h6-8,11-16,19-20,29-30,32H,2-5,9-10,17-18H2,1H3. The third-order valence-corrected chi connectivity index (χ3v) is 8.12. The monoisotopic (exact) mass is 624 g/mol. The van der Waals surface area contributed by atoms with Crippen LogP contribution in [-0.2, 0) is 9.47 Å². The topological polar surface area (TPSA) is 46.2 Å². The quantitative estimate of drug-likeness (QED) is 0.259. The highest BCUT2D eigenvalue weighted by molar-refractivity contribution is 14.1. The molecule has 2 fully saturated rings. The Morgan fingerprint density at radius 1 is 0.763 bits per heavy atom. The van der Waals surface area contributed by atoms with E-state index in [0.717, 1.165) is 91.3 Å². The number of rotatable bonds is 6. The van der Waals surface area contributed by atoms with Gasteiger partial charge in [0.15, 0.2) is 12.6 Å².